The predicted octanol–water partition coefficient (Wildman–Crippen LogP) is 5.69. The van der Waals surface area contributed by atoms with Gasteiger partial charge in [-0.05, 0) is 56.1 Å². The first-order chi connectivity index (χ1) is 16.5. The van der Waals surface area contributed by atoms with E-state index >= 15 is 0 Å². The lowest BCUT2D eigenvalue weighted by molar-refractivity contribution is 0.0460. The zero-order valence-electron chi connectivity index (χ0n) is 22.7. The Kier molecular flexibility index (Phi) is 11.1. The number of benzene rings is 1. The molecule has 2 N–H and O–H groups in total. The molecule has 35 heavy (non-hydrogen) atoms. The summed E-state index contributed by atoms with van der Waals surface area (Å²) < 4.78 is 6.07. The van der Waals surface area contributed by atoms with Crippen LogP contribution >= 0.6 is 0 Å². The van der Waals surface area contributed by atoms with Crippen molar-refractivity contribution < 1.29 is 9.53 Å². The third-order valence-electron chi connectivity index (χ3n) is 5.87. The van der Waals surface area contributed by atoms with Crippen molar-refractivity contribution in [2.75, 3.05) is 25.7 Å². The number of nitrogens with zero attached hydrogens (tertiary/aromatic N) is 3. The van der Waals surface area contributed by atoms with Gasteiger partial charge in [-0.25, -0.2) is 0 Å². The molecular weight excluding hydrogens is 454 g/mol. The van der Waals surface area contributed by atoms with Crippen molar-refractivity contribution in [2.24, 2.45) is 4.99 Å². The Morgan fingerprint density at radius 1 is 1.20 bits per heavy atom. The van der Waals surface area contributed by atoms with Crippen LogP contribution in [0.5, 0.6) is 0 Å². The second-order valence-corrected chi connectivity index (χ2v) is 15.8. The smallest absolute Gasteiger partial charge is 0.257 e. The molecule has 0 fully saturated rings. The standard InChI is InChI=1S/C27H43N5O2Si/c1-9-26(28-5)32(19-34-13-14-35(6,7)8)22(4)30-21(3)23-11-10-12-25(16-23)31-27(33)24-15-20(2)17-29-18-24/h10-12,15-18,21-22,30H,9,13-14,19H2,1-8H3,(H,31,33)/b28-26-/t21-,22?/m0/s1. The number of carbonyl (C=O) groups excluding carboxylic acids is 1. The van der Waals surface area contributed by atoms with Crippen molar-refractivity contribution in [3.63, 3.8) is 0 Å². The van der Waals surface area contributed by atoms with Crippen LogP contribution in [0.1, 0.15) is 54.7 Å². The van der Waals surface area contributed by atoms with E-state index in [4.69, 9.17) is 4.74 Å². The van der Waals surface area contributed by atoms with E-state index in [0.717, 1.165) is 41.7 Å². The molecule has 1 aromatic heterocycles. The van der Waals surface area contributed by atoms with E-state index in [1.165, 1.54) is 0 Å². The quantitative estimate of drug-likeness (QED) is 0.129. The fourth-order valence-electron chi connectivity index (χ4n) is 3.76. The van der Waals surface area contributed by atoms with Crippen LogP contribution in [-0.2, 0) is 4.74 Å². The van der Waals surface area contributed by atoms with Gasteiger partial charge in [0, 0.05) is 52.3 Å². The summed E-state index contributed by atoms with van der Waals surface area (Å²) in [5.41, 5.74) is 3.34. The maximum Gasteiger partial charge on any atom is 0.257 e. The second kappa shape index (κ2) is 13.5. The van der Waals surface area contributed by atoms with Gasteiger partial charge in [0.2, 0.25) is 0 Å². The molecule has 0 spiro atoms. The summed E-state index contributed by atoms with van der Waals surface area (Å²) in [7, 11) is 0.698. The molecule has 2 rings (SSSR count). The van der Waals surface area contributed by atoms with E-state index in [0.29, 0.717) is 12.3 Å². The Hall–Kier alpha value is -2.55. The van der Waals surface area contributed by atoms with Crippen molar-refractivity contribution >= 4 is 25.5 Å². The number of amidine groups is 1. The maximum absolute atomic E-state index is 12.6. The van der Waals surface area contributed by atoms with Gasteiger partial charge in [0.1, 0.15) is 12.6 Å². The normalized spacial score (nSPS) is 13.9. The summed E-state index contributed by atoms with van der Waals surface area (Å²) in [6, 6.07) is 11.0. The molecule has 192 valence electrons. The van der Waals surface area contributed by atoms with Crippen molar-refractivity contribution in [3.05, 3.63) is 59.4 Å². The highest BCUT2D eigenvalue weighted by Gasteiger charge is 2.20. The van der Waals surface area contributed by atoms with Crippen LogP contribution < -0.4 is 10.6 Å². The van der Waals surface area contributed by atoms with Gasteiger partial charge >= 0.3 is 0 Å². The molecule has 1 heterocycles. The van der Waals surface area contributed by atoms with Crippen LogP contribution in [0.4, 0.5) is 5.69 Å². The number of aliphatic imine (C=N–C) groups is 1. The molecule has 1 unspecified atom stereocenters. The predicted molar refractivity (Wildman–Crippen MR) is 149 cm³/mol. The highest BCUT2D eigenvalue weighted by atomic mass is 28.3. The molecule has 0 aliphatic heterocycles. The lowest BCUT2D eigenvalue weighted by Gasteiger charge is -2.34. The van der Waals surface area contributed by atoms with E-state index in [2.05, 4.69) is 72.0 Å². The molecule has 8 heteroatoms. The number of ether oxygens (including phenoxy) is 1. The van der Waals surface area contributed by atoms with E-state index in [-0.39, 0.29) is 18.1 Å². The molecule has 0 aliphatic carbocycles. The minimum absolute atomic E-state index is 0.0205. The van der Waals surface area contributed by atoms with Crippen molar-refractivity contribution in [1.29, 1.82) is 0 Å². The monoisotopic (exact) mass is 497 g/mol. The lowest BCUT2D eigenvalue weighted by Crippen LogP contribution is -2.48. The number of pyridine rings is 1. The summed E-state index contributed by atoms with van der Waals surface area (Å²) in [6.45, 7) is 16.7. The topological polar surface area (TPSA) is 78.9 Å². The van der Waals surface area contributed by atoms with Crippen molar-refractivity contribution in [3.8, 4) is 0 Å². The SMILES string of the molecule is CC/C(=N/C)N(COCC[Si](C)(C)C)C(C)N[C@@H](C)c1cccc(NC(=O)c2cncc(C)c2)c1. The lowest BCUT2D eigenvalue weighted by atomic mass is 10.1. The van der Waals surface area contributed by atoms with Crippen LogP contribution in [0.15, 0.2) is 47.7 Å². The molecule has 0 saturated heterocycles. The average Bonchev–Trinajstić information content (AvgIpc) is 2.80. The van der Waals surface area contributed by atoms with Gasteiger partial charge in [-0.3, -0.25) is 20.1 Å². The number of amides is 1. The minimum atomic E-state index is -1.14. The maximum atomic E-state index is 12.6. The molecule has 0 aliphatic rings. The first-order valence-electron chi connectivity index (χ1n) is 12.4. The Balaban J connectivity index is 2.05. The van der Waals surface area contributed by atoms with Crippen molar-refractivity contribution in [1.82, 2.24) is 15.2 Å². The molecule has 1 amide bonds. The number of nitrogens with one attached hydrogen (secondary N) is 2. The number of hydrogen-bond acceptors (Lipinski definition) is 5. The Morgan fingerprint density at radius 3 is 2.57 bits per heavy atom. The van der Waals surface area contributed by atoms with Crippen LogP contribution in [-0.4, -0.2) is 56.3 Å². The van der Waals surface area contributed by atoms with Gasteiger partial charge in [0.15, 0.2) is 0 Å². The van der Waals surface area contributed by atoms with Gasteiger partial charge < -0.3 is 15.0 Å². The summed E-state index contributed by atoms with van der Waals surface area (Å²) >= 11 is 0. The largest absolute Gasteiger partial charge is 0.361 e. The third kappa shape index (κ3) is 9.55. The average molecular weight is 498 g/mol. The fourth-order valence-corrected chi connectivity index (χ4v) is 4.51. The van der Waals surface area contributed by atoms with Gasteiger partial charge in [0.25, 0.3) is 5.91 Å². The van der Waals surface area contributed by atoms with E-state index in [9.17, 15) is 4.79 Å². The second-order valence-electron chi connectivity index (χ2n) is 10.2. The molecule has 2 atom stereocenters. The highest BCUT2D eigenvalue weighted by Crippen LogP contribution is 2.20. The molecular formula is C27H43N5O2Si. The fraction of sp³-hybridized carbons (Fsp3) is 0.519. The summed E-state index contributed by atoms with van der Waals surface area (Å²) in [6.07, 6.45) is 4.18. The van der Waals surface area contributed by atoms with Gasteiger partial charge in [-0.2, -0.15) is 0 Å². The summed E-state index contributed by atoms with van der Waals surface area (Å²) in [5.74, 6) is 0.846. The number of hydrogen-bond donors (Lipinski definition) is 2. The van der Waals surface area contributed by atoms with Crippen LogP contribution in [0, 0.1) is 6.92 Å². The zero-order valence-corrected chi connectivity index (χ0v) is 23.7. The molecule has 1 aromatic carbocycles. The van der Waals surface area contributed by atoms with E-state index < -0.39 is 8.07 Å². The third-order valence-corrected chi connectivity index (χ3v) is 7.58. The van der Waals surface area contributed by atoms with Crippen LogP contribution in [0.3, 0.4) is 0 Å². The van der Waals surface area contributed by atoms with Crippen LogP contribution in [0.2, 0.25) is 25.7 Å². The number of carbonyl (C=O) groups is 1. The van der Waals surface area contributed by atoms with Gasteiger partial charge in [-0.15, -0.1) is 0 Å². The molecule has 0 bridgehead atoms. The number of rotatable bonds is 12. The van der Waals surface area contributed by atoms with Gasteiger partial charge in [-0.1, -0.05) is 38.7 Å². The summed E-state index contributed by atoms with van der Waals surface area (Å²) in [4.78, 5) is 23.4. The van der Waals surface area contributed by atoms with Gasteiger partial charge in [0.05, 0.1) is 11.7 Å². The minimum Gasteiger partial charge on any atom is -0.361 e. The van der Waals surface area contributed by atoms with E-state index in [1.54, 1.807) is 12.4 Å². The Bertz CT molecular complexity index is 990. The molecule has 0 saturated carbocycles. The number of aromatic nitrogens is 1. The number of aryl methyl sites for hydroxylation is 1. The first kappa shape index (κ1) is 28.7. The first-order valence-corrected chi connectivity index (χ1v) is 16.1. The zero-order chi connectivity index (χ0) is 26.0. The molecule has 7 nitrogen and oxygen atoms in total. The Labute approximate surface area is 212 Å². The summed E-state index contributed by atoms with van der Waals surface area (Å²) in [5, 5.41) is 6.66. The molecule has 0 radical (unpaired) electrons. The van der Waals surface area contributed by atoms with E-state index in [1.807, 2.05) is 38.2 Å². The Morgan fingerprint density at radius 2 is 1.94 bits per heavy atom. The molecule has 2 aromatic rings. The number of anilines is 1. The van der Waals surface area contributed by atoms with Crippen LogP contribution in [0.25, 0.3) is 0 Å². The highest BCUT2D eigenvalue weighted by molar-refractivity contribution is 6.76. The van der Waals surface area contributed by atoms with Crippen molar-refractivity contribution in [2.45, 2.75) is 72.0 Å².